The molecule has 2 aliphatic rings. The van der Waals surface area contributed by atoms with E-state index >= 15 is 0 Å². The minimum atomic E-state index is 0.527. The van der Waals surface area contributed by atoms with Gasteiger partial charge in [0.25, 0.3) is 0 Å². The van der Waals surface area contributed by atoms with Gasteiger partial charge in [-0.25, -0.2) is 0 Å². The molecule has 3 nitrogen and oxygen atoms in total. The Morgan fingerprint density at radius 1 is 1.17 bits per heavy atom. The van der Waals surface area contributed by atoms with E-state index in [1.807, 2.05) is 6.21 Å². The van der Waals surface area contributed by atoms with Crippen LogP contribution in [0.15, 0.2) is 53.7 Å². The van der Waals surface area contributed by atoms with Crippen molar-refractivity contribution in [1.29, 1.82) is 0 Å². The average Bonchev–Trinajstić information content (AvgIpc) is 3.15. The summed E-state index contributed by atoms with van der Waals surface area (Å²) in [4.78, 5) is 4.46. The molecule has 0 saturated carbocycles. The lowest BCUT2D eigenvalue weighted by molar-refractivity contribution is 0.648. The standard InChI is InChI=1S/C20H20IN3/c21-17-6-3-15-11-22-12-16(19(15)10-17)13-24-18-7-4-14(5-8-18)20-2-1-9-23-20/h3-8,10-11,13,20,23-24H,1-2,9,12H2. The summed E-state index contributed by atoms with van der Waals surface area (Å²) in [5.74, 6) is 0. The molecule has 24 heavy (non-hydrogen) atoms. The van der Waals surface area contributed by atoms with E-state index in [1.54, 1.807) is 0 Å². The first kappa shape index (κ1) is 15.8. The molecule has 2 aliphatic heterocycles. The van der Waals surface area contributed by atoms with Crippen molar-refractivity contribution in [1.82, 2.24) is 5.32 Å². The number of nitrogens with one attached hydrogen (secondary N) is 2. The molecule has 1 atom stereocenters. The lowest BCUT2D eigenvalue weighted by Crippen LogP contribution is -2.12. The van der Waals surface area contributed by atoms with E-state index in [1.165, 1.54) is 38.7 Å². The number of halogens is 1. The number of aliphatic imine (C=N–C) groups is 1. The first-order chi connectivity index (χ1) is 11.8. The topological polar surface area (TPSA) is 36.4 Å². The van der Waals surface area contributed by atoms with Gasteiger partial charge in [-0.3, -0.25) is 4.99 Å². The Labute approximate surface area is 156 Å². The second-order valence-corrected chi connectivity index (χ2v) is 7.53. The molecule has 2 heterocycles. The molecule has 0 aromatic heterocycles. The van der Waals surface area contributed by atoms with Gasteiger partial charge in [0.1, 0.15) is 0 Å². The number of benzene rings is 2. The number of fused-ring (bicyclic) bond motifs is 1. The number of hydrogen-bond donors (Lipinski definition) is 2. The minimum Gasteiger partial charge on any atom is -0.361 e. The maximum atomic E-state index is 4.46. The molecule has 0 aliphatic carbocycles. The summed E-state index contributed by atoms with van der Waals surface area (Å²) in [7, 11) is 0. The fourth-order valence-corrected chi connectivity index (χ4v) is 3.81. The van der Waals surface area contributed by atoms with Crippen molar-refractivity contribution in [3.05, 3.63) is 68.9 Å². The number of anilines is 1. The molecule has 0 radical (unpaired) electrons. The van der Waals surface area contributed by atoms with Crippen molar-refractivity contribution < 1.29 is 0 Å². The van der Waals surface area contributed by atoms with Crippen LogP contribution >= 0.6 is 22.6 Å². The van der Waals surface area contributed by atoms with Crippen molar-refractivity contribution in [2.24, 2.45) is 4.99 Å². The second kappa shape index (κ2) is 7.07. The van der Waals surface area contributed by atoms with Crippen LogP contribution in [-0.2, 0) is 0 Å². The quantitative estimate of drug-likeness (QED) is 0.700. The van der Waals surface area contributed by atoms with Crippen LogP contribution in [0, 0.1) is 3.57 Å². The number of nitrogens with zero attached hydrogens (tertiary/aromatic N) is 1. The van der Waals surface area contributed by atoms with Gasteiger partial charge in [-0.1, -0.05) is 18.2 Å². The van der Waals surface area contributed by atoms with Gasteiger partial charge in [0.05, 0.1) is 6.54 Å². The average molecular weight is 429 g/mol. The van der Waals surface area contributed by atoms with E-state index in [0.29, 0.717) is 6.04 Å². The molecule has 2 aromatic rings. The van der Waals surface area contributed by atoms with Gasteiger partial charge in [-0.05, 0) is 88.5 Å². The Morgan fingerprint density at radius 2 is 2.04 bits per heavy atom. The van der Waals surface area contributed by atoms with Crippen molar-refractivity contribution in [3.8, 4) is 0 Å². The summed E-state index contributed by atoms with van der Waals surface area (Å²) in [5.41, 5.74) is 6.19. The van der Waals surface area contributed by atoms with Crippen LogP contribution in [0.2, 0.25) is 0 Å². The highest BCUT2D eigenvalue weighted by molar-refractivity contribution is 14.1. The third-order valence-corrected chi connectivity index (χ3v) is 5.31. The van der Waals surface area contributed by atoms with E-state index in [-0.39, 0.29) is 0 Å². The molecular formula is C20H20IN3. The highest BCUT2D eigenvalue weighted by Crippen LogP contribution is 2.26. The molecule has 0 spiro atoms. The van der Waals surface area contributed by atoms with Crippen LogP contribution in [0.3, 0.4) is 0 Å². The second-order valence-electron chi connectivity index (χ2n) is 6.29. The zero-order chi connectivity index (χ0) is 16.4. The maximum Gasteiger partial charge on any atom is 0.0660 e. The lowest BCUT2D eigenvalue weighted by atomic mass is 9.99. The van der Waals surface area contributed by atoms with Crippen LogP contribution in [-0.4, -0.2) is 19.3 Å². The molecule has 0 bridgehead atoms. The smallest absolute Gasteiger partial charge is 0.0660 e. The van der Waals surface area contributed by atoms with Gasteiger partial charge in [0, 0.05) is 27.7 Å². The summed E-state index contributed by atoms with van der Waals surface area (Å²) in [5, 5.41) is 6.98. The van der Waals surface area contributed by atoms with Crippen LogP contribution in [0.4, 0.5) is 5.69 Å². The SMILES string of the molecule is Ic1ccc2c(c1)C(=CNc1ccc(C3CCCN3)cc1)CN=C2. The molecule has 1 fully saturated rings. The first-order valence-corrected chi connectivity index (χ1v) is 9.46. The predicted molar refractivity (Wildman–Crippen MR) is 110 cm³/mol. The van der Waals surface area contributed by atoms with Gasteiger partial charge in [-0.15, -0.1) is 0 Å². The molecule has 1 unspecified atom stereocenters. The molecule has 2 aromatic carbocycles. The van der Waals surface area contributed by atoms with Crippen LogP contribution in [0.5, 0.6) is 0 Å². The van der Waals surface area contributed by atoms with E-state index in [4.69, 9.17) is 0 Å². The summed E-state index contributed by atoms with van der Waals surface area (Å²) >= 11 is 2.36. The van der Waals surface area contributed by atoms with Crippen molar-refractivity contribution in [2.45, 2.75) is 18.9 Å². The molecule has 4 heteroatoms. The first-order valence-electron chi connectivity index (χ1n) is 8.38. The fourth-order valence-electron chi connectivity index (χ4n) is 3.32. The highest BCUT2D eigenvalue weighted by Gasteiger charge is 2.15. The monoisotopic (exact) mass is 429 g/mol. The highest BCUT2D eigenvalue weighted by atomic mass is 127. The normalized spacial score (nSPS) is 21.0. The van der Waals surface area contributed by atoms with Gasteiger partial charge < -0.3 is 10.6 Å². The molecular weight excluding hydrogens is 409 g/mol. The Hall–Kier alpha value is -1.66. The summed E-state index contributed by atoms with van der Waals surface area (Å²) < 4.78 is 1.25. The summed E-state index contributed by atoms with van der Waals surface area (Å²) in [6.07, 6.45) is 6.57. The van der Waals surface area contributed by atoms with Gasteiger partial charge in [0.15, 0.2) is 0 Å². The summed E-state index contributed by atoms with van der Waals surface area (Å²) in [6.45, 7) is 1.86. The largest absolute Gasteiger partial charge is 0.361 e. The van der Waals surface area contributed by atoms with Crippen molar-refractivity contribution >= 4 is 40.1 Å². The third-order valence-electron chi connectivity index (χ3n) is 4.64. The van der Waals surface area contributed by atoms with Crippen molar-refractivity contribution in [3.63, 3.8) is 0 Å². The van der Waals surface area contributed by atoms with Gasteiger partial charge >= 0.3 is 0 Å². The maximum absolute atomic E-state index is 4.46. The molecule has 122 valence electrons. The third kappa shape index (κ3) is 3.39. The Kier molecular flexibility index (Phi) is 4.67. The van der Waals surface area contributed by atoms with Crippen molar-refractivity contribution in [2.75, 3.05) is 18.4 Å². The zero-order valence-corrected chi connectivity index (χ0v) is 15.6. The van der Waals surface area contributed by atoms with Crippen LogP contribution in [0.25, 0.3) is 5.57 Å². The molecule has 0 amide bonds. The Morgan fingerprint density at radius 3 is 2.83 bits per heavy atom. The van der Waals surface area contributed by atoms with Gasteiger partial charge in [0.2, 0.25) is 0 Å². The predicted octanol–water partition coefficient (Wildman–Crippen LogP) is 4.60. The number of rotatable bonds is 3. The minimum absolute atomic E-state index is 0.527. The Balaban J connectivity index is 1.51. The fraction of sp³-hybridized carbons (Fsp3) is 0.250. The van der Waals surface area contributed by atoms with Gasteiger partial charge in [-0.2, -0.15) is 0 Å². The molecule has 4 rings (SSSR count). The molecule has 1 saturated heterocycles. The van der Waals surface area contributed by atoms with E-state index < -0.39 is 0 Å². The lowest BCUT2D eigenvalue weighted by Gasteiger charge is -2.15. The zero-order valence-electron chi connectivity index (χ0n) is 13.4. The van der Waals surface area contributed by atoms with Crippen LogP contribution < -0.4 is 10.6 Å². The number of hydrogen-bond acceptors (Lipinski definition) is 3. The van der Waals surface area contributed by atoms with E-state index in [9.17, 15) is 0 Å². The van der Waals surface area contributed by atoms with E-state index in [2.05, 4.69) is 86.9 Å². The molecule has 2 N–H and O–H groups in total. The Bertz CT molecular complexity index is 787. The van der Waals surface area contributed by atoms with E-state index in [0.717, 1.165) is 18.8 Å². The summed E-state index contributed by atoms with van der Waals surface area (Å²) in [6, 6.07) is 15.8. The van der Waals surface area contributed by atoms with Crippen LogP contribution in [0.1, 0.15) is 35.6 Å².